The number of rotatable bonds is 9. The number of nitrogens with one attached hydrogen (secondary N) is 1. The second kappa shape index (κ2) is 14.3. The Bertz CT molecular complexity index is 806. The first kappa shape index (κ1) is 26.4. The van der Waals surface area contributed by atoms with Crippen LogP contribution in [0.4, 0.5) is 0 Å². The van der Waals surface area contributed by atoms with E-state index in [-0.39, 0.29) is 24.3 Å². The van der Waals surface area contributed by atoms with Crippen molar-refractivity contribution in [3.63, 3.8) is 0 Å². The van der Waals surface area contributed by atoms with Crippen LogP contribution in [0.15, 0.2) is 58.5 Å². The van der Waals surface area contributed by atoms with Gasteiger partial charge in [-0.3, -0.25) is 9.69 Å². The molecule has 0 aliphatic carbocycles. The molecule has 2 heterocycles. The molecule has 182 valence electrons. The quantitative estimate of drug-likeness (QED) is 0.520. The molecule has 2 aliphatic heterocycles. The smallest absolute Gasteiger partial charge is 0.320 e. The number of amidine groups is 2. The lowest BCUT2D eigenvalue weighted by Crippen LogP contribution is -2.40. The average molecular weight is 457 g/mol. The maximum absolute atomic E-state index is 12.4. The molecule has 8 nitrogen and oxygen atoms in total. The van der Waals surface area contributed by atoms with Gasteiger partial charge in [0.1, 0.15) is 11.7 Å². The Labute approximate surface area is 198 Å². The van der Waals surface area contributed by atoms with Gasteiger partial charge in [0.2, 0.25) is 5.91 Å². The van der Waals surface area contributed by atoms with Gasteiger partial charge >= 0.3 is 6.02 Å². The van der Waals surface area contributed by atoms with Crippen molar-refractivity contribution in [2.24, 2.45) is 21.6 Å². The van der Waals surface area contributed by atoms with Crippen LogP contribution in [-0.2, 0) is 9.53 Å². The minimum Gasteiger partial charge on any atom is -0.463 e. The third-order valence-corrected chi connectivity index (χ3v) is 5.70. The fourth-order valence-corrected chi connectivity index (χ4v) is 3.46. The molecule has 2 rings (SSSR count). The zero-order valence-electron chi connectivity index (χ0n) is 20.4. The highest BCUT2D eigenvalue weighted by atomic mass is 16.5. The van der Waals surface area contributed by atoms with Crippen LogP contribution in [0.5, 0.6) is 0 Å². The summed E-state index contributed by atoms with van der Waals surface area (Å²) in [5.74, 6) is 0.941. The van der Waals surface area contributed by atoms with Crippen molar-refractivity contribution >= 4 is 17.8 Å². The first-order chi connectivity index (χ1) is 15.9. The number of likely N-dealkylation sites (tertiary alicyclic amines) is 1. The maximum atomic E-state index is 12.4. The minimum atomic E-state index is -0.193. The summed E-state index contributed by atoms with van der Waals surface area (Å²) in [6.45, 7) is 14.3. The maximum Gasteiger partial charge on any atom is 0.320 e. The zero-order valence-corrected chi connectivity index (χ0v) is 20.4. The predicted octanol–water partition coefficient (Wildman–Crippen LogP) is 3.17. The van der Waals surface area contributed by atoms with E-state index in [1.54, 1.807) is 6.08 Å². The topological polar surface area (TPSA) is 95.5 Å². The molecule has 3 N–H and O–H groups in total. The van der Waals surface area contributed by atoms with Crippen molar-refractivity contribution in [3.05, 3.63) is 48.5 Å². The molecule has 0 aromatic heterocycles. The average Bonchev–Trinajstić information content (AvgIpc) is 2.80. The van der Waals surface area contributed by atoms with E-state index in [2.05, 4.69) is 52.8 Å². The Morgan fingerprint density at radius 1 is 1.33 bits per heavy atom. The minimum absolute atomic E-state index is 0.131. The SMILES string of the molecule is C=C/C=C(\C=C\CN1CCCCC1)CN1CC(=O)N/C=C(N)/N=C(OCC(C)CC)\N=C\1C. The molecule has 0 radical (unpaired) electrons. The van der Waals surface area contributed by atoms with Crippen LogP contribution in [-0.4, -0.2) is 66.9 Å². The van der Waals surface area contributed by atoms with Gasteiger partial charge in [0.05, 0.1) is 13.2 Å². The second-order valence-electron chi connectivity index (χ2n) is 8.61. The van der Waals surface area contributed by atoms with Gasteiger partial charge in [-0.2, -0.15) is 9.98 Å². The molecular formula is C25H40N6O2. The number of amides is 1. The molecule has 1 fully saturated rings. The third-order valence-electron chi connectivity index (χ3n) is 5.70. The first-order valence-electron chi connectivity index (χ1n) is 11.9. The lowest BCUT2D eigenvalue weighted by Gasteiger charge is -2.26. The number of allylic oxidation sites excluding steroid dienone is 2. The largest absolute Gasteiger partial charge is 0.463 e. The normalized spacial score (nSPS) is 24.7. The highest BCUT2D eigenvalue weighted by Crippen LogP contribution is 2.10. The van der Waals surface area contributed by atoms with Crippen LogP contribution in [0.2, 0.25) is 0 Å². The van der Waals surface area contributed by atoms with E-state index >= 15 is 0 Å². The molecule has 33 heavy (non-hydrogen) atoms. The Kier molecular flexibility index (Phi) is 11.4. The third kappa shape index (κ3) is 10.1. The molecule has 0 bridgehead atoms. The highest BCUT2D eigenvalue weighted by molar-refractivity contribution is 5.95. The lowest BCUT2D eigenvalue weighted by atomic mass is 10.1. The fraction of sp³-hybridized carbons (Fsp3) is 0.560. The molecule has 0 aromatic rings. The van der Waals surface area contributed by atoms with Gasteiger partial charge in [0, 0.05) is 19.3 Å². The summed E-state index contributed by atoms with van der Waals surface area (Å²) in [4.78, 5) is 25.6. The van der Waals surface area contributed by atoms with E-state index in [1.807, 2.05) is 17.9 Å². The molecule has 2 aliphatic rings. The van der Waals surface area contributed by atoms with E-state index in [0.717, 1.165) is 31.6 Å². The Balaban J connectivity index is 2.17. The van der Waals surface area contributed by atoms with Crippen LogP contribution < -0.4 is 11.1 Å². The van der Waals surface area contributed by atoms with Crippen LogP contribution in [0.1, 0.15) is 46.5 Å². The van der Waals surface area contributed by atoms with Crippen molar-refractivity contribution in [2.45, 2.75) is 46.5 Å². The van der Waals surface area contributed by atoms with Gasteiger partial charge in [-0.15, -0.1) is 0 Å². The summed E-state index contributed by atoms with van der Waals surface area (Å²) in [5.41, 5.74) is 6.93. The predicted molar refractivity (Wildman–Crippen MR) is 136 cm³/mol. The Morgan fingerprint density at radius 2 is 2.09 bits per heavy atom. The first-order valence-corrected chi connectivity index (χ1v) is 11.9. The van der Waals surface area contributed by atoms with Gasteiger partial charge in [0.25, 0.3) is 0 Å². The lowest BCUT2D eigenvalue weighted by molar-refractivity contribution is -0.120. The number of hydrogen-bond acceptors (Lipinski definition) is 7. The van der Waals surface area contributed by atoms with Crippen molar-refractivity contribution in [3.8, 4) is 0 Å². The van der Waals surface area contributed by atoms with Gasteiger partial charge in [-0.25, -0.2) is 0 Å². The van der Waals surface area contributed by atoms with E-state index in [9.17, 15) is 4.79 Å². The number of hydrogen-bond donors (Lipinski definition) is 2. The molecule has 1 amide bonds. The fourth-order valence-electron chi connectivity index (χ4n) is 3.46. The monoisotopic (exact) mass is 456 g/mol. The number of nitrogens with zero attached hydrogens (tertiary/aromatic N) is 4. The van der Waals surface area contributed by atoms with Gasteiger partial charge in [0.15, 0.2) is 0 Å². The van der Waals surface area contributed by atoms with Gasteiger partial charge in [-0.05, 0) is 44.3 Å². The van der Waals surface area contributed by atoms with Crippen LogP contribution in [0, 0.1) is 5.92 Å². The summed E-state index contributed by atoms with van der Waals surface area (Å²) >= 11 is 0. The summed E-state index contributed by atoms with van der Waals surface area (Å²) in [5, 5.41) is 2.69. The van der Waals surface area contributed by atoms with Crippen LogP contribution in [0.25, 0.3) is 0 Å². The molecule has 0 spiro atoms. The summed E-state index contributed by atoms with van der Waals surface area (Å²) in [6, 6.07) is 0.192. The van der Waals surface area contributed by atoms with Crippen LogP contribution in [0.3, 0.4) is 0 Å². The molecule has 1 unspecified atom stereocenters. The second-order valence-corrected chi connectivity index (χ2v) is 8.61. The number of carbonyl (C=O) groups is 1. The van der Waals surface area contributed by atoms with Crippen LogP contribution >= 0.6 is 0 Å². The number of piperidine rings is 1. The molecule has 0 saturated carbocycles. The van der Waals surface area contributed by atoms with Crippen molar-refractivity contribution in [2.75, 3.05) is 39.3 Å². The Morgan fingerprint density at radius 3 is 2.79 bits per heavy atom. The highest BCUT2D eigenvalue weighted by Gasteiger charge is 2.16. The number of nitrogens with two attached hydrogens (primary N) is 1. The van der Waals surface area contributed by atoms with Gasteiger partial charge in [-0.1, -0.05) is 57.6 Å². The number of carbonyl (C=O) groups excluding carboxylic acids is 1. The molecule has 1 atom stereocenters. The van der Waals surface area contributed by atoms with Gasteiger partial charge < -0.3 is 20.7 Å². The van der Waals surface area contributed by atoms with Crippen molar-refractivity contribution in [1.82, 2.24) is 15.1 Å². The number of ether oxygens (including phenoxy) is 1. The van der Waals surface area contributed by atoms with E-state index < -0.39 is 0 Å². The standard InChI is InChI=1S/C25H40N6O2/c1-5-11-22(12-10-15-30-13-8-7-9-14-30)17-31-18-24(32)27-16-23(26)29-25(28-21(31)4)33-19-20(3)6-2/h5,10-12,16,20H,1,6-9,13-15,17-19,26H2,2-4H3,(H,27,32)/b12-10+,22-11+,23-16+,28-21+,29-25+. The summed E-state index contributed by atoms with van der Waals surface area (Å²) in [7, 11) is 0. The van der Waals surface area contributed by atoms with E-state index in [0.29, 0.717) is 24.9 Å². The molecule has 1 saturated heterocycles. The molecule has 0 aromatic carbocycles. The molecular weight excluding hydrogens is 416 g/mol. The van der Waals surface area contributed by atoms with Crippen molar-refractivity contribution in [1.29, 1.82) is 0 Å². The Hall–Kier alpha value is -2.87. The zero-order chi connectivity index (χ0) is 24.1. The number of aliphatic imine (C=N–C) groups is 2. The molecule has 8 heteroatoms. The summed E-state index contributed by atoms with van der Waals surface area (Å²) in [6.07, 6.45) is 14.2. The van der Waals surface area contributed by atoms with Crippen molar-refractivity contribution < 1.29 is 9.53 Å². The van der Waals surface area contributed by atoms with E-state index in [1.165, 1.54) is 25.5 Å². The summed E-state index contributed by atoms with van der Waals surface area (Å²) < 4.78 is 5.82. The van der Waals surface area contributed by atoms with E-state index in [4.69, 9.17) is 10.5 Å².